The van der Waals surface area contributed by atoms with Crippen LogP contribution in [0.25, 0.3) is 10.2 Å². The lowest BCUT2D eigenvalue weighted by molar-refractivity contribution is 0.318. The number of hydrogen-bond acceptors (Lipinski definition) is 5. The largest absolute Gasteiger partial charge is 0.494 e. The molecule has 0 radical (unpaired) electrons. The Balaban J connectivity index is 2.29. The van der Waals surface area contributed by atoms with Crippen molar-refractivity contribution >= 4 is 26.7 Å². The quantitative estimate of drug-likeness (QED) is 0.617. The Kier molecular flexibility index (Phi) is 3.03. The van der Waals surface area contributed by atoms with Crippen molar-refractivity contribution in [1.82, 2.24) is 4.98 Å². The predicted molar refractivity (Wildman–Crippen MR) is 63.2 cm³/mol. The second-order valence-electron chi connectivity index (χ2n) is 3.14. The highest BCUT2D eigenvalue weighted by molar-refractivity contribution is 7.22. The van der Waals surface area contributed by atoms with Crippen LogP contribution in [0.15, 0.2) is 18.2 Å². The highest BCUT2D eigenvalue weighted by Crippen LogP contribution is 2.28. The average molecular weight is 223 g/mol. The van der Waals surface area contributed by atoms with Crippen molar-refractivity contribution < 1.29 is 4.74 Å². The summed E-state index contributed by atoms with van der Waals surface area (Å²) in [7, 11) is 0. The molecule has 0 saturated heterocycles. The molecule has 4 nitrogen and oxygen atoms in total. The van der Waals surface area contributed by atoms with Gasteiger partial charge in [-0.3, -0.25) is 5.43 Å². The molecule has 0 unspecified atom stereocenters. The van der Waals surface area contributed by atoms with Crippen LogP contribution < -0.4 is 16.0 Å². The molecule has 0 aliphatic carbocycles. The number of hydrazine groups is 1. The van der Waals surface area contributed by atoms with Gasteiger partial charge < -0.3 is 4.74 Å². The van der Waals surface area contributed by atoms with E-state index < -0.39 is 0 Å². The molecule has 80 valence electrons. The summed E-state index contributed by atoms with van der Waals surface area (Å²) in [5, 5.41) is 0.720. The number of aromatic nitrogens is 1. The fourth-order valence-electron chi connectivity index (χ4n) is 1.28. The van der Waals surface area contributed by atoms with Gasteiger partial charge in [0.2, 0.25) is 0 Å². The Morgan fingerprint density at radius 2 is 2.40 bits per heavy atom. The maximum atomic E-state index is 5.53. The van der Waals surface area contributed by atoms with Crippen molar-refractivity contribution in [2.24, 2.45) is 5.84 Å². The third-order valence-corrected chi connectivity index (χ3v) is 2.91. The van der Waals surface area contributed by atoms with E-state index in [9.17, 15) is 0 Å². The van der Waals surface area contributed by atoms with Crippen LogP contribution in [0.4, 0.5) is 5.13 Å². The molecule has 15 heavy (non-hydrogen) atoms. The monoisotopic (exact) mass is 223 g/mol. The molecule has 1 aromatic heterocycles. The third kappa shape index (κ3) is 2.19. The molecular weight excluding hydrogens is 210 g/mol. The number of benzene rings is 1. The molecule has 3 N–H and O–H groups in total. The van der Waals surface area contributed by atoms with Crippen LogP contribution in [0.1, 0.15) is 13.3 Å². The van der Waals surface area contributed by atoms with Crippen molar-refractivity contribution in [3.8, 4) is 5.75 Å². The van der Waals surface area contributed by atoms with E-state index in [-0.39, 0.29) is 0 Å². The Labute approximate surface area is 92.0 Å². The molecule has 0 aliphatic heterocycles. The van der Waals surface area contributed by atoms with Crippen LogP contribution in [0.3, 0.4) is 0 Å². The molecule has 0 amide bonds. The Hall–Kier alpha value is -1.33. The zero-order chi connectivity index (χ0) is 10.7. The van der Waals surface area contributed by atoms with Crippen LogP contribution >= 0.6 is 11.3 Å². The average Bonchev–Trinajstić information content (AvgIpc) is 2.68. The van der Waals surface area contributed by atoms with E-state index in [1.165, 1.54) is 11.3 Å². The van der Waals surface area contributed by atoms with Crippen molar-refractivity contribution in [2.45, 2.75) is 13.3 Å². The number of nitrogens with two attached hydrogens (primary N) is 1. The fourth-order valence-corrected chi connectivity index (χ4v) is 2.08. The summed E-state index contributed by atoms with van der Waals surface area (Å²) in [6.45, 7) is 2.83. The molecule has 2 aromatic rings. The number of ether oxygens (including phenoxy) is 1. The van der Waals surface area contributed by atoms with Gasteiger partial charge in [0, 0.05) is 0 Å². The van der Waals surface area contributed by atoms with Gasteiger partial charge >= 0.3 is 0 Å². The molecule has 1 aromatic carbocycles. The van der Waals surface area contributed by atoms with E-state index in [0.29, 0.717) is 0 Å². The smallest absolute Gasteiger partial charge is 0.198 e. The minimum absolute atomic E-state index is 0.720. The molecular formula is C10H13N3OS. The SMILES string of the molecule is CCCOc1ccc2nc(NN)sc2c1. The highest BCUT2D eigenvalue weighted by atomic mass is 32.1. The number of nitrogens with one attached hydrogen (secondary N) is 1. The van der Waals surface area contributed by atoms with Gasteiger partial charge in [-0.2, -0.15) is 0 Å². The number of nitrogen functional groups attached to an aromatic ring is 1. The molecule has 0 aliphatic rings. The summed E-state index contributed by atoms with van der Waals surface area (Å²) in [4.78, 5) is 4.28. The summed E-state index contributed by atoms with van der Waals surface area (Å²) < 4.78 is 6.61. The molecule has 2 rings (SSSR count). The topological polar surface area (TPSA) is 60.2 Å². The molecule has 0 bridgehead atoms. The van der Waals surface area contributed by atoms with Gasteiger partial charge in [-0.1, -0.05) is 18.3 Å². The van der Waals surface area contributed by atoms with Crippen LogP contribution in [0.5, 0.6) is 5.75 Å². The van der Waals surface area contributed by atoms with Crippen LogP contribution in [-0.4, -0.2) is 11.6 Å². The first-order valence-electron chi connectivity index (χ1n) is 4.83. The van der Waals surface area contributed by atoms with Crippen molar-refractivity contribution in [3.05, 3.63) is 18.2 Å². The summed E-state index contributed by atoms with van der Waals surface area (Å²) in [5.74, 6) is 6.18. The summed E-state index contributed by atoms with van der Waals surface area (Å²) >= 11 is 1.52. The van der Waals surface area contributed by atoms with Gasteiger partial charge in [-0.05, 0) is 24.6 Å². The lowest BCUT2D eigenvalue weighted by atomic mass is 10.3. The summed E-state index contributed by atoms with van der Waals surface area (Å²) in [6.07, 6.45) is 1.01. The van der Waals surface area contributed by atoms with Crippen LogP contribution in [0.2, 0.25) is 0 Å². The summed E-state index contributed by atoms with van der Waals surface area (Å²) in [6, 6.07) is 5.86. The number of nitrogens with zero attached hydrogens (tertiary/aromatic N) is 1. The van der Waals surface area contributed by atoms with Gasteiger partial charge in [-0.15, -0.1) is 0 Å². The van der Waals surface area contributed by atoms with Gasteiger partial charge in [-0.25, -0.2) is 10.8 Å². The standard InChI is InChI=1S/C10H13N3OS/c1-2-5-14-7-3-4-8-9(6-7)15-10(12-8)13-11/h3-4,6H,2,5,11H2,1H3,(H,12,13). The Morgan fingerprint density at radius 1 is 1.53 bits per heavy atom. The van der Waals surface area contributed by atoms with Crippen LogP contribution in [0, 0.1) is 0 Å². The van der Waals surface area contributed by atoms with E-state index in [2.05, 4.69) is 17.3 Å². The molecule has 0 saturated carbocycles. The maximum absolute atomic E-state index is 5.53. The van der Waals surface area contributed by atoms with E-state index in [1.807, 2.05) is 18.2 Å². The number of hydrogen-bond donors (Lipinski definition) is 2. The zero-order valence-electron chi connectivity index (χ0n) is 8.49. The minimum Gasteiger partial charge on any atom is -0.494 e. The lowest BCUT2D eigenvalue weighted by Crippen LogP contribution is -2.05. The second kappa shape index (κ2) is 4.46. The highest BCUT2D eigenvalue weighted by Gasteiger charge is 2.03. The third-order valence-electron chi connectivity index (χ3n) is 1.96. The summed E-state index contributed by atoms with van der Waals surface area (Å²) in [5.41, 5.74) is 3.49. The van der Waals surface area contributed by atoms with Crippen LogP contribution in [-0.2, 0) is 0 Å². The van der Waals surface area contributed by atoms with Gasteiger partial charge in [0.25, 0.3) is 0 Å². The number of fused-ring (bicyclic) bond motifs is 1. The van der Waals surface area contributed by atoms with E-state index in [0.717, 1.165) is 34.1 Å². The number of rotatable bonds is 4. The lowest BCUT2D eigenvalue weighted by Gasteiger charge is -2.02. The van der Waals surface area contributed by atoms with Gasteiger partial charge in [0.15, 0.2) is 5.13 Å². The molecule has 0 atom stereocenters. The molecule has 0 spiro atoms. The zero-order valence-corrected chi connectivity index (χ0v) is 9.30. The van der Waals surface area contributed by atoms with Crippen molar-refractivity contribution in [3.63, 3.8) is 0 Å². The number of anilines is 1. The Bertz CT molecular complexity index is 455. The number of thiazole rings is 1. The van der Waals surface area contributed by atoms with E-state index in [4.69, 9.17) is 10.6 Å². The second-order valence-corrected chi connectivity index (χ2v) is 4.17. The predicted octanol–water partition coefficient (Wildman–Crippen LogP) is 2.37. The van der Waals surface area contributed by atoms with Gasteiger partial charge in [0.05, 0.1) is 16.8 Å². The van der Waals surface area contributed by atoms with Gasteiger partial charge in [0.1, 0.15) is 5.75 Å². The first kappa shape index (κ1) is 10.2. The first-order valence-corrected chi connectivity index (χ1v) is 5.65. The van der Waals surface area contributed by atoms with E-state index in [1.54, 1.807) is 0 Å². The van der Waals surface area contributed by atoms with E-state index >= 15 is 0 Å². The first-order chi connectivity index (χ1) is 7.33. The maximum Gasteiger partial charge on any atom is 0.198 e. The van der Waals surface area contributed by atoms with Crippen molar-refractivity contribution in [1.29, 1.82) is 0 Å². The molecule has 5 heteroatoms. The Morgan fingerprint density at radius 3 is 3.13 bits per heavy atom. The minimum atomic E-state index is 0.720. The molecule has 1 heterocycles. The van der Waals surface area contributed by atoms with Crippen molar-refractivity contribution in [2.75, 3.05) is 12.0 Å². The normalized spacial score (nSPS) is 10.5. The fraction of sp³-hybridized carbons (Fsp3) is 0.300. The molecule has 0 fully saturated rings.